The van der Waals surface area contributed by atoms with Gasteiger partial charge in [0.15, 0.2) is 0 Å². The van der Waals surface area contributed by atoms with E-state index in [1.54, 1.807) is 41.3 Å². The minimum Gasteiger partial charge on any atom is -0.374 e. The van der Waals surface area contributed by atoms with E-state index in [0.29, 0.717) is 10.7 Å². The highest BCUT2D eigenvalue weighted by molar-refractivity contribution is 6.30. The zero-order chi connectivity index (χ0) is 13.0. The van der Waals surface area contributed by atoms with Crippen LogP contribution in [0.4, 0.5) is 11.4 Å². The number of hydrogen-bond donors (Lipinski definition) is 2. The topological polar surface area (TPSA) is 59.0 Å². The number of carbonyl (C=O) groups excluding carboxylic acids is 1. The maximum Gasteiger partial charge on any atom is 0.243 e. The van der Waals surface area contributed by atoms with Crippen molar-refractivity contribution >= 4 is 28.9 Å². The monoisotopic (exact) mass is 264 g/mol. The second-order valence-corrected chi connectivity index (χ2v) is 4.25. The lowest BCUT2D eigenvalue weighted by atomic mass is 10.3. The molecule has 0 fully saturated rings. The van der Waals surface area contributed by atoms with E-state index in [0.717, 1.165) is 5.69 Å². The molecule has 0 spiro atoms. The molecule has 0 saturated carbocycles. The van der Waals surface area contributed by atoms with Gasteiger partial charge in [0.05, 0.1) is 18.4 Å². The van der Waals surface area contributed by atoms with Crippen molar-refractivity contribution in [1.29, 1.82) is 0 Å². The number of hydrogen-bond acceptors (Lipinski definition) is 3. The lowest BCUT2D eigenvalue weighted by Gasteiger charge is -2.06. The second-order valence-electron chi connectivity index (χ2n) is 3.81. The van der Waals surface area contributed by atoms with E-state index in [1.165, 1.54) is 0 Å². The third kappa shape index (κ3) is 3.49. The molecule has 0 radical (unpaired) electrons. The summed E-state index contributed by atoms with van der Waals surface area (Å²) in [6.07, 6.45) is 3.46. The number of carbonyl (C=O) groups is 1. The molecule has 1 heterocycles. The van der Waals surface area contributed by atoms with Gasteiger partial charge in [0.2, 0.25) is 5.91 Å². The van der Waals surface area contributed by atoms with Crippen molar-refractivity contribution < 1.29 is 4.79 Å². The Bertz CT molecular complexity index is 553. The first kappa shape index (κ1) is 12.4. The van der Waals surface area contributed by atoms with E-state index in [9.17, 15) is 4.79 Å². The van der Waals surface area contributed by atoms with Gasteiger partial charge in [-0.3, -0.25) is 9.48 Å². The number of amides is 1. The largest absolute Gasteiger partial charge is 0.374 e. The summed E-state index contributed by atoms with van der Waals surface area (Å²) in [6.45, 7) is 0.179. The summed E-state index contributed by atoms with van der Waals surface area (Å²) in [6, 6.07) is 7.02. The molecule has 18 heavy (non-hydrogen) atoms. The van der Waals surface area contributed by atoms with Gasteiger partial charge in [-0.25, -0.2) is 0 Å². The van der Waals surface area contributed by atoms with Crippen molar-refractivity contribution in [2.75, 3.05) is 17.2 Å². The average molecular weight is 265 g/mol. The molecule has 6 heteroatoms. The van der Waals surface area contributed by atoms with Crippen LogP contribution in [-0.2, 0) is 11.8 Å². The Balaban J connectivity index is 1.85. The van der Waals surface area contributed by atoms with Crippen molar-refractivity contribution in [3.8, 4) is 0 Å². The molecule has 1 amide bonds. The lowest BCUT2D eigenvalue weighted by Crippen LogP contribution is -2.21. The van der Waals surface area contributed by atoms with Crippen LogP contribution in [0.2, 0.25) is 5.02 Å². The second kappa shape index (κ2) is 5.55. The first-order valence-electron chi connectivity index (χ1n) is 5.41. The Hall–Kier alpha value is -2.01. The number of aromatic nitrogens is 2. The fraction of sp³-hybridized carbons (Fsp3) is 0.167. The summed E-state index contributed by atoms with van der Waals surface area (Å²) in [4.78, 5) is 11.7. The van der Waals surface area contributed by atoms with E-state index in [-0.39, 0.29) is 12.5 Å². The minimum absolute atomic E-state index is 0.138. The number of benzene rings is 1. The Morgan fingerprint density at radius 1 is 1.44 bits per heavy atom. The number of anilines is 2. The van der Waals surface area contributed by atoms with Crippen LogP contribution in [0.5, 0.6) is 0 Å². The number of halogens is 1. The summed E-state index contributed by atoms with van der Waals surface area (Å²) in [5.41, 5.74) is 1.49. The third-order valence-corrected chi connectivity index (χ3v) is 2.50. The van der Waals surface area contributed by atoms with Crippen molar-refractivity contribution in [2.24, 2.45) is 7.05 Å². The molecule has 1 aromatic carbocycles. The quantitative estimate of drug-likeness (QED) is 0.889. The third-order valence-electron chi connectivity index (χ3n) is 2.27. The first-order valence-corrected chi connectivity index (χ1v) is 5.79. The maximum atomic E-state index is 11.7. The molecule has 0 unspecified atom stereocenters. The van der Waals surface area contributed by atoms with Crippen molar-refractivity contribution in [1.82, 2.24) is 9.78 Å². The Morgan fingerprint density at radius 2 is 2.28 bits per heavy atom. The molecule has 0 aliphatic carbocycles. The Labute approximate surface area is 110 Å². The summed E-state index contributed by atoms with van der Waals surface area (Å²) in [5.74, 6) is -0.138. The van der Waals surface area contributed by atoms with Crippen molar-refractivity contribution in [3.63, 3.8) is 0 Å². The van der Waals surface area contributed by atoms with Gasteiger partial charge >= 0.3 is 0 Å². The Kier molecular flexibility index (Phi) is 3.84. The van der Waals surface area contributed by atoms with Gasteiger partial charge in [-0.15, -0.1) is 0 Å². The van der Waals surface area contributed by atoms with Crippen LogP contribution >= 0.6 is 11.6 Å². The number of nitrogens with one attached hydrogen (secondary N) is 2. The summed E-state index contributed by atoms with van der Waals surface area (Å²) < 4.78 is 1.66. The van der Waals surface area contributed by atoms with Crippen LogP contribution in [0, 0.1) is 0 Å². The molecule has 0 aliphatic rings. The number of nitrogens with zero attached hydrogens (tertiary/aromatic N) is 2. The van der Waals surface area contributed by atoms with Gasteiger partial charge in [-0.2, -0.15) is 5.10 Å². The molecule has 0 aliphatic heterocycles. The zero-order valence-electron chi connectivity index (χ0n) is 9.85. The molecule has 1 aromatic heterocycles. The summed E-state index contributed by atoms with van der Waals surface area (Å²) in [5, 5.41) is 10.3. The molecule has 2 N–H and O–H groups in total. The van der Waals surface area contributed by atoms with Crippen LogP contribution in [-0.4, -0.2) is 22.2 Å². The molecule has 0 atom stereocenters. The van der Waals surface area contributed by atoms with Gasteiger partial charge in [-0.05, 0) is 18.2 Å². The molecule has 94 valence electrons. The highest BCUT2D eigenvalue weighted by Crippen LogP contribution is 2.14. The number of rotatable bonds is 4. The van der Waals surface area contributed by atoms with Crippen LogP contribution in [0.1, 0.15) is 0 Å². The Morgan fingerprint density at radius 3 is 2.94 bits per heavy atom. The lowest BCUT2D eigenvalue weighted by molar-refractivity contribution is -0.114. The average Bonchev–Trinajstić information content (AvgIpc) is 2.73. The fourth-order valence-corrected chi connectivity index (χ4v) is 1.66. The van der Waals surface area contributed by atoms with Gasteiger partial charge in [0, 0.05) is 24.0 Å². The van der Waals surface area contributed by atoms with Crippen LogP contribution in [0.15, 0.2) is 36.7 Å². The fourth-order valence-electron chi connectivity index (χ4n) is 1.47. The normalized spacial score (nSPS) is 10.1. The molecule has 2 rings (SSSR count). The van der Waals surface area contributed by atoms with E-state index >= 15 is 0 Å². The van der Waals surface area contributed by atoms with Gasteiger partial charge in [-0.1, -0.05) is 17.7 Å². The predicted molar refractivity (Wildman–Crippen MR) is 71.8 cm³/mol. The van der Waals surface area contributed by atoms with Crippen LogP contribution < -0.4 is 10.6 Å². The first-order chi connectivity index (χ1) is 8.63. The predicted octanol–water partition coefficient (Wildman–Crippen LogP) is 2.12. The minimum atomic E-state index is -0.138. The zero-order valence-corrected chi connectivity index (χ0v) is 10.6. The van der Waals surface area contributed by atoms with Crippen LogP contribution in [0.25, 0.3) is 0 Å². The molecular weight excluding hydrogens is 252 g/mol. The van der Waals surface area contributed by atoms with Gasteiger partial charge < -0.3 is 10.6 Å². The van der Waals surface area contributed by atoms with E-state index < -0.39 is 0 Å². The summed E-state index contributed by atoms with van der Waals surface area (Å²) >= 11 is 5.83. The van der Waals surface area contributed by atoms with Crippen molar-refractivity contribution in [3.05, 3.63) is 41.7 Å². The SMILES string of the molecule is Cn1cc(NCC(=O)Nc2cccc(Cl)c2)cn1. The standard InChI is InChI=1S/C12H13ClN4O/c1-17-8-11(6-15-17)14-7-12(18)16-10-4-2-3-9(13)5-10/h2-6,8,14H,7H2,1H3,(H,16,18). The van der Waals surface area contributed by atoms with Gasteiger partial charge in [0.1, 0.15) is 0 Å². The smallest absolute Gasteiger partial charge is 0.243 e. The highest BCUT2D eigenvalue weighted by atomic mass is 35.5. The molecule has 2 aromatic rings. The van der Waals surface area contributed by atoms with E-state index in [1.807, 2.05) is 7.05 Å². The summed E-state index contributed by atoms with van der Waals surface area (Å²) in [7, 11) is 1.82. The molecule has 0 saturated heterocycles. The van der Waals surface area contributed by atoms with Crippen molar-refractivity contribution in [2.45, 2.75) is 0 Å². The molecule has 5 nitrogen and oxygen atoms in total. The van der Waals surface area contributed by atoms with E-state index in [2.05, 4.69) is 15.7 Å². The molecule has 0 bridgehead atoms. The van der Waals surface area contributed by atoms with E-state index in [4.69, 9.17) is 11.6 Å². The van der Waals surface area contributed by atoms with Crippen LogP contribution in [0.3, 0.4) is 0 Å². The maximum absolute atomic E-state index is 11.7. The number of aryl methyl sites for hydroxylation is 1. The highest BCUT2D eigenvalue weighted by Gasteiger charge is 2.03. The van der Waals surface area contributed by atoms with Gasteiger partial charge in [0.25, 0.3) is 0 Å². The molecular formula is C12H13ClN4O.